The lowest BCUT2D eigenvalue weighted by Gasteiger charge is -2.26. The molecule has 1 fully saturated rings. The number of unbranched alkanes of at least 4 members (excludes halogenated alkanes) is 2. The molecule has 24 heavy (non-hydrogen) atoms. The summed E-state index contributed by atoms with van der Waals surface area (Å²) in [4.78, 5) is 18.2. The SMILES string of the molecule is CC(=O)NOCCCCCOc1cccc(CN2CCCCC2)c1. The average molecular weight is 334 g/mol. The highest BCUT2D eigenvalue weighted by molar-refractivity contribution is 5.71. The molecule has 1 N–H and O–H groups in total. The van der Waals surface area contributed by atoms with Gasteiger partial charge in [0, 0.05) is 13.5 Å². The lowest BCUT2D eigenvalue weighted by molar-refractivity contribution is -0.131. The summed E-state index contributed by atoms with van der Waals surface area (Å²) in [6.07, 6.45) is 6.94. The molecule has 0 atom stereocenters. The average Bonchev–Trinajstić information content (AvgIpc) is 2.58. The van der Waals surface area contributed by atoms with Crippen molar-refractivity contribution in [1.82, 2.24) is 10.4 Å². The van der Waals surface area contributed by atoms with Crippen LogP contribution in [0.25, 0.3) is 0 Å². The Kier molecular flexibility index (Phi) is 8.63. The highest BCUT2D eigenvalue weighted by Crippen LogP contribution is 2.18. The first-order valence-corrected chi connectivity index (χ1v) is 9.06. The summed E-state index contributed by atoms with van der Waals surface area (Å²) in [5.41, 5.74) is 3.66. The van der Waals surface area contributed by atoms with E-state index >= 15 is 0 Å². The van der Waals surface area contributed by atoms with Crippen LogP contribution < -0.4 is 10.2 Å². The highest BCUT2D eigenvalue weighted by Gasteiger charge is 2.10. The van der Waals surface area contributed by atoms with Crippen molar-refractivity contribution in [3.63, 3.8) is 0 Å². The lowest BCUT2D eigenvalue weighted by atomic mass is 10.1. The topological polar surface area (TPSA) is 50.8 Å². The number of piperidine rings is 1. The molecular weight excluding hydrogens is 304 g/mol. The lowest BCUT2D eigenvalue weighted by Crippen LogP contribution is -2.29. The standard InChI is InChI=1S/C19H30N2O3/c1-17(22)20-24-14-7-3-6-13-23-19-10-8-9-18(15-19)16-21-11-4-2-5-12-21/h8-10,15H,2-7,11-14,16H2,1H3,(H,20,22). The Morgan fingerprint density at radius 3 is 2.71 bits per heavy atom. The van der Waals surface area contributed by atoms with Crippen LogP contribution in [0.4, 0.5) is 0 Å². The molecule has 1 aromatic rings. The molecule has 1 amide bonds. The van der Waals surface area contributed by atoms with Crippen molar-refractivity contribution in [2.45, 2.75) is 52.0 Å². The van der Waals surface area contributed by atoms with E-state index in [1.807, 2.05) is 6.07 Å². The van der Waals surface area contributed by atoms with Crippen LogP contribution in [0.5, 0.6) is 5.75 Å². The molecule has 0 spiro atoms. The summed E-state index contributed by atoms with van der Waals surface area (Å²) in [6.45, 7) is 6.15. The van der Waals surface area contributed by atoms with Crippen molar-refractivity contribution >= 4 is 5.91 Å². The Morgan fingerprint density at radius 1 is 1.12 bits per heavy atom. The number of benzene rings is 1. The summed E-state index contributed by atoms with van der Waals surface area (Å²) in [7, 11) is 0. The maximum absolute atomic E-state index is 10.6. The number of ether oxygens (including phenoxy) is 1. The quantitative estimate of drug-likeness (QED) is 0.527. The second-order valence-electron chi connectivity index (χ2n) is 6.40. The number of amides is 1. The van der Waals surface area contributed by atoms with Gasteiger partial charge in [0.1, 0.15) is 5.75 Å². The Bertz CT molecular complexity index is 487. The zero-order valence-electron chi connectivity index (χ0n) is 14.8. The van der Waals surface area contributed by atoms with Gasteiger partial charge in [0.25, 0.3) is 0 Å². The number of hydrogen-bond acceptors (Lipinski definition) is 4. The van der Waals surface area contributed by atoms with Gasteiger partial charge in [-0.25, -0.2) is 5.48 Å². The third-order valence-corrected chi connectivity index (χ3v) is 4.13. The fourth-order valence-electron chi connectivity index (χ4n) is 2.91. The number of nitrogens with one attached hydrogen (secondary N) is 1. The molecule has 0 aromatic heterocycles. The van der Waals surface area contributed by atoms with E-state index in [9.17, 15) is 4.79 Å². The van der Waals surface area contributed by atoms with Gasteiger partial charge in [0.05, 0.1) is 13.2 Å². The van der Waals surface area contributed by atoms with E-state index in [0.717, 1.165) is 31.6 Å². The minimum absolute atomic E-state index is 0.164. The zero-order valence-corrected chi connectivity index (χ0v) is 14.8. The third kappa shape index (κ3) is 7.79. The Labute approximate surface area is 145 Å². The second-order valence-corrected chi connectivity index (χ2v) is 6.40. The molecule has 0 bridgehead atoms. The van der Waals surface area contributed by atoms with Crippen molar-refractivity contribution < 1.29 is 14.4 Å². The minimum Gasteiger partial charge on any atom is -0.494 e. The minimum atomic E-state index is -0.164. The number of carbonyl (C=O) groups is 1. The van der Waals surface area contributed by atoms with Gasteiger partial charge in [0.15, 0.2) is 0 Å². The first-order valence-electron chi connectivity index (χ1n) is 9.06. The molecule has 1 aliphatic heterocycles. The molecule has 1 aliphatic rings. The van der Waals surface area contributed by atoms with Gasteiger partial charge < -0.3 is 4.74 Å². The van der Waals surface area contributed by atoms with Crippen molar-refractivity contribution in [3.8, 4) is 5.75 Å². The molecule has 1 saturated heterocycles. The molecule has 1 heterocycles. The predicted molar refractivity (Wildman–Crippen MR) is 94.7 cm³/mol. The number of hydroxylamine groups is 1. The molecule has 1 aromatic carbocycles. The summed E-state index contributed by atoms with van der Waals surface area (Å²) in [5.74, 6) is 0.793. The molecule has 5 nitrogen and oxygen atoms in total. The second kappa shape index (κ2) is 11.0. The number of nitrogens with zero attached hydrogens (tertiary/aromatic N) is 1. The normalized spacial score (nSPS) is 15.2. The molecular formula is C19H30N2O3. The van der Waals surface area contributed by atoms with Crippen LogP contribution in [-0.4, -0.2) is 37.1 Å². The Hall–Kier alpha value is -1.59. The van der Waals surface area contributed by atoms with Crippen LogP contribution in [0.1, 0.15) is 51.0 Å². The summed E-state index contributed by atoms with van der Waals surface area (Å²) >= 11 is 0. The van der Waals surface area contributed by atoms with E-state index in [1.54, 1.807) is 0 Å². The van der Waals surface area contributed by atoms with Crippen molar-refractivity contribution in [2.75, 3.05) is 26.3 Å². The van der Waals surface area contributed by atoms with Crippen LogP contribution in [0.15, 0.2) is 24.3 Å². The molecule has 0 saturated carbocycles. The van der Waals surface area contributed by atoms with Crippen LogP contribution in [0.2, 0.25) is 0 Å². The zero-order chi connectivity index (χ0) is 17.0. The summed E-state index contributed by atoms with van der Waals surface area (Å²) in [6, 6.07) is 8.45. The van der Waals surface area contributed by atoms with Crippen molar-refractivity contribution in [3.05, 3.63) is 29.8 Å². The fraction of sp³-hybridized carbons (Fsp3) is 0.632. The maximum atomic E-state index is 10.6. The van der Waals surface area contributed by atoms with Crippen molar-refractivity contribution in [1.29, 1.82) is 0 Å². The van der Waals surface area contributed by atoms with Gasteiger partial charge >= 0.3 is 0 Å². The van der Waals surface area contributed by atoms with Crippen LogP contribution >= 0.6 is 0 Å². The molecule has 5 heteroatoms. The number of likely N-dealkylation sites (tertiary alicyclic amines) is 1. The predicted octanol–water partition coefficient (Wildman–Crippen LogP) is 3.29. The Balaban J connectivity index is 1.59. The number of carbonyl (C=O) groups excluding carboxylic acids is 1. The van der Waals surface area contributed by atoms with E-state index in [-0.39, 0.29) is 5.91 Å². The number of rotatable bonds is 10. The fourth-order valence-corrected chi connectivity index (χ4v) is 2.91. The molecule has 0 unspecified atom stereocenters. The van der Waals surface area contributed by atoms with Gasteiger partial charge in [-0.15, -0.1) is 0 Å². The largest absolute Gasteiger partial charge is 0.494 e. The third-order valence-electron chi connectivity index (χ3n) is 4.13. The maximum Gasteiger partial charge on any atom is 0.240 e. The van der Waals surface area contributed by atoms with E-state index in [1.165, 1.54) is 44.8 Å². The molecule has 134 valence electrons. The molecule has 0 radical (unpaired) electrons. The number of hydrogen-bond donors (Lipinski definition) is 1. The van der Waals surface area contributed by atoms with Crippen LogP contribution in [0.3, 0.4) is 0 Å². The first kappa shape index (κ1) is 18.7. The monoisotopic (exact) mass is 334 g/mol. The molecule has 0 aliphatic carbocycles. The highest BCUT2D eigenvalue weighted by atomic mass is 16.6. The smallest absolute Gasteiger partial charge is 0.240 e. The summed E-state index contributed by atoms with van der Waals surface area (Å²) < 4.78 is 5.85. The summed E-state index contributed by atoms with van der Waals surface area (Å²) in [5, 5.41) is 0. The van der Waals surface area contributed by atoms with E-state index < -0.39 is 0 Å². The van der Waals surface area contributed by atoms with Gasteiger partial charge in [-0.05, 0) is 62.9 Å². The van der Waals surface area contributed by atoms with E-state index in [0.29, 0.717) is 13.2 Å². The van der Waals surface area contributed by atoms with Gasteiger partial charge in [-0.1, -0.05) is 18.6 Å². The first-order chi connectivity index (χ1) is 11.7. The van der Waals surface area contributed by atoms with E-state index in [2.05, 4.69) is 28.6 Å². The van der Waals surface area contributed by atoms with Gasteiger partial charge in [0.2, 0.25) is 5.91 Å². The van der Waals surface area contributed by atoms with Gasteiger partial charge in [-0.2, -0.15) is 0 Å². The van der Waals surface area contributed by atoms with Crippen molar-refractivity contribution in [2.24, 2.45) is 0 Å². The molecule has 2 rings (SSSR count). The van der Waals surface area contributed by atoms with Gasteiger partial charge in [-0.3, -0.25) is 14.5 Å². The Morgan fingerprint density at radius 2 is 1.92 bits per heavy atom. The van der Waals surface area contributed by atoms with Crippen LogP contribution in [-0.2, 0) is 16.2 Å². The van der Waals surface area contributed by atoms with Crippen LogP contribution in [0, 0.1) is 0 Å². The van der Waals surface area contributed by atoms with E-state index in [4.69, 9.17) is 9.57 Å².